The lowest BCUT2D eigenvalue weighted by Crippen LogP contribution is -2.18. The van der Waals surface area contributed by atoms with Gasteiger partial charge in [-0.2, -0.15) is 13.2 Å². The van der Waals surface area contributed by atoms with Crippen molar-refractivity contribution in [3.63, 3.8) is 0 Å². The average molecular weight is 358 g/mol. The molecule has 0 saturated carbocycles. The van der Waals surface area contributed by atoms with Gasteiger partial charge in [0.1, 0.15) is 12.0 Å². The number of anilines is 1. The predicted octanol–water partition coefficient (Wildman–Crippen LogP) is 4.62. The molecular formula is C14H7ClF3N3OS. The van der Waals surface area contributed by atoms with Gasteiger partial charge in [0, 0.05) is 5.02 Å². The first-order valence-corrected chi connectivity index (χ1v) is 7.48. The smallest absolute Gasteiger partial charge is 0.320 e. The molecule has 118 valence electrons. The molecule has 0 bridgehead atoms. The van der Waals surface area contributed by atoms with E-state index in [4.69, 9.17) is 11.6 Å². The van der Waals surface area contributed by atoms with Crippen LogP contribution in [0.5, 0.6) is 0 Å². The van der Waals surface area contributed by atoms with E-state index in [0.717, 1.165) is 18.2 Å². The number of halogens is 4. The summed E-state index contributed by atoms with van der Waals surface area (Å²) < 4.78 is 39.6. The number of nitrogens with one attached hydrogen (secondary N) is 1. The van der Waals surface area contributed by atoms with Crippen LogP contribution in [0.15, 0.2) is 36.0 Å². The first-order chi connectivity index (χ1) is 10.9. The fourth-order valence-corrected chi connectivity index (χ4v) is 3.00. The van der Waals surface area contributed by atoms with Crippen LogP contribution in [0.4, 0.5) is 18.9 Å². The maximum absolute atomic E-state index is 13.0. The molecule has 0 spiro atoms. The number of carbonyl (C=O) groups is 1. The molecule has 4 nitrogen and oxygen atoms in total. The third-order valence-electron chi connectivity index (χ3n) is 2.99. The summed E-state index contributed by atoms with van der Waals surface area (Å²) in [7, 11) is 0. The Balaban J connectivity index is 2.01. The number of rotatable bonds is 2. The van der Waals surface area contributed by atoms with E-state index in [0.29, 0.717) is 10.2 Å². The molecule has 1 aromatic carbocycles. The van der Waals surface area contributed by atoms with Crippen LogP contribution in [0.1, 0.15) is 16.1 Å². The van der Waals surface area contributed by atoms with Crippen LogP contribution in [-0.4, -0.2) is 15.9 Å². The molecule has 0 aliphatic rings. The molecule has 1 N–H and O–H groups in total. The molecule has 0 fully saturated rings. The van der Waals surface area contributed by atoms with Crippen molar-refractivity contribution >= 4 is 44.7 Å². The summed E-state index contributed by atoms with van der Waals surface area (Å²) in [6.45, 7) is 0. The molecule has 0 aliphatic carbocycles. The van der Waals surface area contributed by atoms with Crippen LogP contribution in [0, 0.1) is 0 Å². The summed E-state index contributed by atoms with van der Waals surface area (Å²) in [4.78, 5) is 20.2. The van der Waals surface area contributed by atoms with Crippen molar-refractivity contribution in [3.8, 4) is 0 Å². The van der Waals surface area contributed by atoms with Crippen LogP contribution in [0.3, 0.4) is 0 Å². The molecule has 9 heteroatoms. The summed E-state index contributed by atoms with van der Waals surface area (Å²) in [5.41, 5.74) is -0.833. The van der Waals surface area contributed by atoms with Crippen molar-refractivity contribution in [2.24, 2.45) is 0 Å². The van der Waals surface area contributed by atoms with E-state index in [-0.39, 0.29) is 10.7 Å². The number of nitrogens with zero attached hydrogens (tertiary/aromatic N) is 2. The fraction of sp³-hybridized carbons (Fsp3) is 0.0714. The van der Waals surface area contributed by atoms with Crippen molar-refractivity contribution < 1.29 is 18.0 Å². The van der Waals surface area contributed by atoms with Crippen LogP contribution < -0.4 is 5.32 Å². The molecule has 0 saturated heterocycles. The van der Waals surface area contributed by atoms with E-state index in [1.165, 1.54) is 17.7 Å². The van der Waals surface area contributed by atoms with Gasteiger partial charge in [0.15, 0.2) is 0 Å². The maximum atomic E-state index is 13.0. The van der Waals surface area contributed by atoms with Crippen molar-refractivity contribution in [2.45, 2.75) is 6.18 Å². The SMILES string of the molecule is O=C(Nc1cc(Cl)ccc1C(F)(F)F)c1ncnc2ccsc12. The lowest BCUT2D eigenvalue weighted by molar-refractivity contribution is -0.136. The number of benzene rings is 1. The van der Waals surface area contributed by atoms with Gasteiger partial charge >= 0.3 is 6.18 Å². The zero-order valence-electron chi connectivity index (χ0n) is 11.2. The zero-order valence-corrected chi connectivity index (χ0v) is 12.8. The highest BCUT2D eigenvalue weighted by Crippen LogP contribution is 2.36. The lowest BCUT2D eigenvalue weighted by Gasteiger charge is -2.14. The molecule has 23 heavy (non-hydrogen) atoms. The van der Waals surface area contributed by atoms with Gasteiger partial charge in [0.05, 0.1) is 21.5 Å². The molecule has 3 aromatic rings. The highest BCUT2D eigenvalue weighted by atomic mass is 35.5. The first kappa shape index (κ1) is 15.7. The minimum Gasteiger partial charge on any atom is -0.320 e. The number of thiophene rings is 1. The molecule has 3 rings (SSSR count). The highest BCUT2D eigenvalue weighted by Gasteiger charge is 2.34. The molecule has 2 heterocycles. The Morgan fingerprint density at radius 2 is 2.00 bits per heavy atom. The first-order valence-electron chi connectivity index (χ1n) is 6.22. The van der Waals surface area contributed by atoms with E-state index in [1.54, 1.807) is 11.4 Å². The van der Waals surface area contributed by atoms with Gasteiger partial charge in [-0.15, -0.1) is 11.3 Å². The van der Waals surface area contributed by atoms with Gasteiger partial charge in [-0.1, -0.05) is 11.6 Å². The summed E-state index contributed by atoms with van der Waals surface area (Å²) in [6, 6.07) is 4.68. The fourth-order valence-electron chi connectivity index (χ4n) is 2.00. The Hall–Kier alpha value is -2.19. The third-order valence-corrected chi connectivity index (χ3v) is 4.14. The Morgan fingerprint density at radius 1 is 1.22 bits per heavy atom. The minimum atomic E-state index is -4.61. The molecule has 0 unspecified atom stereocenters. The number of carbonyl (C=O) groups excluding carboxylic acids is 1. The van der Waals surface area contributed by atoms with Crippen LogP contribution in [0.2, 0.25) is 5.02 Å². The van der Waals surface area contributed by atoms with Crippen LogP contribution in [-0.2, 0) is 6.18 Å². The topological polar surface area (TPSA) is 54.9 Å². The summed E-state index contributed by atoms with van der Waals surface area (Å²) in [5.74, 6) is -0.757. The van der Waals surface area contributed by atoms with Crippen LogP contribution in [0.25, 0.3) is 10.2 Å². The zero-order chi connectivity index (χ0) is 16.6. The number of fused-ring (bicyclic) bond motifs is 1. The number of amides is 1. The van der Waals surface area contributed by atoms with Gasteiger partial charge in [-0.25, -0.2) is 9.97 Å². The predicted molar refractivity (Wildman–Crippen MR) is 81.8 cm³/mol. The van der Waals surface area contributed by atoms with E-state index in [9.17, 15) is 18.0 Å². The van der Waals surface area contributed by atoms with Crippen molar-refractivity contribution in [1.82, 2.24) is 9.97 Å². The quantitative estimate of drug-likeness (QED) is 0.728. The Labute approximate surface area is 136 Å². The van der Waals surface area contributed by atoms with Gasteiger partial charge < -0.3 is 5.32 Å². The molecular weight excluding hydrogens is 351 g/mol. The highest BCUT2D eigenvalue weighted by molar-refractivity contribution is 7.17. The van der Waals surface area contributed by atoms with Gasteiger partial charge in [-0.05, 0) is 29.6 Å². The third kappa shape index (κ3) is 3.13. The summed E-state index contributed by atoms with van der Waals surface area (Å²) in [6.07, 6.45) is -3.43. The normalized spacial score (nSPS) is 11.7. The second kappa shape index (κ2) is 5.78. The molecule has 0 atom stereocenters. The van der Waals surface area contributed by atoms with Gasteiger partial charge in [0.2, 0.25) is 0 Å². The number of alkyl halides is 3. The van der Waals surface area contributed by atoms with E-state index < -0.39 is 23.3 Å². The second-order valence-electron chi connectivity index (χ2n) is 4.50. The molecule has 2 aromatic heterocycles. The number of hydrogen-bond acceptors (Lipinski definition) is 4. The van der Waals surface area contributed by atoms with Crippen molar-refractivity contribution in [3.05, 3.63) is 52.3 Å². The molecule has 0 radical (unpaired) electrons. The van der Waals surface area contributed by atoms with E-state index >= 15 is 0 Å². The van der Waals surface area contributed by atoms with Crippen LogP contribution >= 0.6 is 22.9 Å². The summed E-state index contributed by atoms with van der Waals surface area (Å²) in [5, 5.41) is 4.03. The minimum absolute atomic E-state index is 0.0121. The average Bonchev–Trinajstić information content (AvgIpc) is 2.94. The largest absolute Gasteiger partial charge is 0.418 e. The Morgan fingerprint density at radius 3 is 2.74 bits per heavy atom. The molecule has 1 amide bonds. The monoisotopic (exact) mass is 357 g/mol. The van der Waals surface area contributed by atoms with Gasteiger partial charge in [-0.3, -0.25) is 4.79 Å². The van der Waals surface area contributed by atoms with E-state index in [2.05, 4.69) is 15.3 Å². The summed E-state index contributed by atoms with van der Waals surface area (Å²) >= 11 is 6.96. The van der Waals surface area contributed by atoms with Crippen molar-refractivity contribution in [2.75, 3.05) is 5.32 Å². The standard InChI is InChI=1S/C14H7ClF3N3OS/c15-7-1-2-8(14(16,17)18)10(5-7)21-13(22)11-12-9(3-4-23-12)19-6-20-11/h1-6H,(H,21,22). The molecule has 0 aliphatic heterocycles. The number of hydrogen-bond donors (Lipinski definition) is 1. The van der Waals surface area contributed by atoms with Crippen molar-refractivity contribution in [1.29, 1.82) is 0 Å². The van der Waals surface area contributed by atoms with Gasteiger partial charge in [0.25, 0.3) is 5.91 Å². The lowest BCUT2D eigenvalue weighted by atomic mass is 10.1. The second-order valence-corrected chi connectivity index (χ2v) is 5.85. The Bertz CT molecular complexity index is 894. The Kier molecular flexibility index (Phi) is 3.95. The maximum Gasteiger partial charge on any atom is 0.418 e. The number of aromatic nitrogens is 2. The van der Waals surface area contributed by atoms with E-state index in [1.807, 2.05) is 0 Å².